The highest BCUT2D eigenvalue weighted by Gasteiger charge is 2.23. The molecule has 5 rings (SSSR count). The fourth-order valence-corrected chi connectivity index (χ4v) is 4.62. The molecule has 0 unspecified atom stereocenters. The van der Waals surface area contributed by atoms with Gasteiger partial charge in [-0.2, -0.15) is 5.10 Å². The standard InChI is InChI=1S/C25H30N4O4/c30-16-17-7-9-19(10-8-17)29-15-18-13-22-23(14-21(18)28-29)32-11-2-1-3-12-33-24-6-4-5-20(26-24)25(31)27-22/h4-6,13-15,17,19,30H,1-3,7-12,16H2,(H,27,31)/t17-,19-. The third-order valence-corrected chi connectivity index (χ3v) is 6.57. The lowest BCUT2D eigenvalue weighted by Gasteiger charge is -2.27. The van der Waals surface area contributed by atoms with Crippen molar-refractivity contribution in [2.24, 2.45) is 5.92 Å². The third-order valence-electron chi connectivity index (χ3n) is 6.57. The molecule has 33 heavy (non-hydrogen) atoms. The summed E-state index contributed by atoms with van der Waals surface area (Å²) >= 11 is 0. The number of nitrogens with zero attached hydrogens (tertiary/aromatic N) is 3. The Morgan fingerprint density at radius 2 is 1.88 bits per heavy atom. The summed E-state index contributed by atoms with van der Waals surface area (Å²) < 4.78 is 13.8. The summed E-state index contributed by atoms with van der Waals surface area (Å²) in [6, 6.07) is 9.40. The minimum Gasteiger partial charge on any atom is -0.491 e. The number of nitrogens with one attached hydrogen (secondary N) is 1. The van der Waals surface area contributed by atoms with Gasteiger partial charge >= 0.3 is 0 Å². The van der Waals surface area contributed by atoms with E-state index in [-0.39, 0.29) is 12.5 Å². The van der Waals surface area contributed by atoms with Crippen molar-refractivity contribution in [2.75, 3.05) is 25.1 Å². The molecule has 1 aliphatic carbocycles. The number of benzene rings is 1. The lowest BCUT2D eigenvalue weighted by molar-refractivity contribution is 0.102. The first kappa shape index (κ1) is 21.7. The summed E-state index contributed by atoms with van der Waals surface area (Å²) in [4.78, 5) is 17.3. The number of aliphatic hydroxyl groups excluding tert-OH is 1. The van der Waals surface area contributed by atoms with Crippen molar-refractivity contribution in [1.29, 1.82) is 0 Å². The van der Waals surface area contributed by atoms with Crippen LogP contribution < -0.4 is 14.8 Å². The van der Waals surface area contributed by atoms with Gasteiger partial charge in [0, 0.05) is 30.3 Å². The Labute approximate surface area is 192 Å². The number of anilines is 1. The van der Waals surface area contributed by atoms with Gasteiger partial charge < -0.3 is 19.9 Å². The maximum atomic E-state index is 12.9. The van der Waals surface area contributed by atoms with E-state index >= 15 is 0 Å². The summed E-state index contributed by atoms with van der Waals surface area (Å²) in [6.07, 6.45) is 8.87. The second-order valence-electron chi connectivity index (χ2n) is 8.95. The molecule has 1 saturated carbocycles. The molecule has 2 aliphatic rings. The summed E-state index contributed by atoms with van der Waals surface area (Å²) in [5.74, 6) is 1.18. The average molecular weight is 451 g/mol. The van der Waals surface area contributed by atoms with Crippen LogP contribution in [0.25, 0.3) is 10.9 Å². The third kappa shape index (κ3) is 4.95. The van der Waals surface area contributed by atoms with E-state index in [9.17, 15) is 9.90 Å². The Morgan fingerprint density at radius 1 is 1.06 bits per heavy atom. The van der Waals surface area contributed by atoms with Crippen LogP contribution in [0.4, 0.5) is 5.69 Å². The summed E-state index contributed by atoms with van der Waals surface area (Å²) in [6.45, 7) is 1.39. The van der Waals surface area contributed by atoms with E-state index in [1.165, 1.54) is 0 Å². The monoisotopic (exact) mass is 450 g/mol. The van der Waals surface area contributed by atoms with E-state index in [0.717, 1.165) is 55.8 Å². The van der Waals surface area contributed by atoms with Gasteiger partial charge in [-0.1, -0.05) is 6.07 Å². The predicted octanol–water partition coefficient (Wildman–Crippen LogP) is 4.35. The number of pyridine rings is 1. The molecular weight excluding hydrogens is 420 g/mol. The number of carbonyl (C=O) groups is 1. The number of rotatable bonds is 2. The van der Waals surface area contributed by atoms with E-state index in [4.69, 9.17) is 14.6 Å². The van der Waals surface area contributed by atoms with Crippen LogP contribution in [0, 0.1) is 5.92 Å². The Bertz CT molecular complexity index is 1120. The Kier molecular flexibility index (Phi) is 6.44. The van der Waals surface area contributed by atoms with Gasteiger partial charge in [0.2, 0.25) is 5.88 Å². The van der Waals surface area contributed by atoms with Crippen molar-refractivity contribution in [1.82, 2.24) is 14.8 Å². The van der Waals surface area contributed by atoms with Gasteiger partial charge in [0.1, 0.15) is 11.4 Å². The number of fused-ring (bicyclic) bond motifs is 4. The summed E-state index contributed by atoms with van der Waals surface area (Å²) in [7, 11) is 0. The molecule has 1 fully saturated rings. The highest BCUT2D eigenvalue weighted by molar-refractivity contribution is 6.05. The van der Waals surface area contributed by atoms with E-state index in [1.807, 2.05) is 23.0 Å². The van der Waals surface area contributed by atoms with Crippen molar-refractivity contribution in [3.8, 4) is 11.6 Å². The second-order valence-corrected chi connectivity index (χ2v) is 8.95. The second kappa shape index (κ2) is 9.79. The van der Waals surface area contributed by atoms with Crippen LogP contribution >= 0.6 is 0 Å². The number of hydrogen-bond acceptors (Lipinski definition) is 6. The van der Waals surface area contributed by atoms with Crippen LogP contribution in [-0.4, -0.2) is 45.6 Å². The van der Waals surface area contributed by atoms with Crippen LogP contribution in [0.3, 0.4) is 0 Å². The zero-order valence-corrected chi connectivity index (χ0v) is 18.7. The zero-order valence-electron chi connectivity index (χ0n) is 18.7. The Hall–Kier alpha value is -3.13. The molecule has 2 bridgehead atoms. The van der Waals surface area contributed by atoms with Crippen molar-refractivity contribution in [3.05, 3.63) is 42.2 Å². The van der Waals surface area contributed by atoms with E-state index in [1.54, 1.807) is 18.2 Å². The molecule has 8 nitrogen and oxygen atoms in total. The van der Waals surface area contributed by atoms with Crippen LogP contribution in [0.15, 0.2) is 36.5 Å². The first-order valence-corrected chi connectivity index (χ1v) is 11.9. The first-order valence-electron chi connectivity index (χ1n) is 11.9. The minimum atomic E-state index is -0.309. The van der Waals surface area contributed by atoms with Crippen LogP contribution in [0.5, 0.6) is 11.6 Å². The molecular formula is C25H30N4O4. The quantitative estimate of drug-likeness (QED) is 0.602. The van der Waals surface area contributed by atoms with E-state index < -0.39 is 0 Å². The molecule has 0 saturated heterocycles. The summed E-state index contributed by atoms with van der Waals surface area (Å²) in [5, 5.41) is 18.2. The molecule has 1 amide bonds. The van der Waals surface area contributed by atoms with E-state index in [2.05, 4.69) is 10.3 Å². The lowest BCUT2D eigenvalue weighted by atomic mass is 9.87. The number of amides is 1. The largest absolute Gasteiger partial charge is 0.491 e. The maximum Gasteiger partial charge on any atom is 0.274 e. The van der Waals surface area contributed by atoms with Gasteiger partial charge in [-0.3, -0.25) is 9.48 Å². The number of ether oxygens (including phenoxy) is 2. The number of aromatic nitrogens is 3. The average Bonchev–Trinajstić information content (AvgIpc) is 3.26. The van der Waals surface area contributed by atoms with Gasteiger partial charge in [-0.25, -0.2) is 4.98 Å². The van der Waals surface area contributed by atoms with Gasteiger partial charge in [-0.05, 0) is 63.0 Å². The molecule has 0 spiro atoms. The molecule has 1 aromatic carbocycles. The van der Waals surface area contributed by atoms with Crippen molar-refractivity contribution in [3.63, 3.8) is 0 Å². The van der Waals surface area contributed by atoms with Crippen molar-refractivity contribution >= 4 is 22.5 Å². The molecule has 2 N–H and O–H groups in total. The van der Waals surface area contributed by atoms with Gasteiger partial charge in [0.25, 0.3) is 5.91 Å². The minimum absolute atomic E-state index is 0.265. The first-order chi connectivity index (χ1) is 16.2. The molecule has 8 heteroatoms. The molecule has 0 radical (unpaired) electrons. The van der Waals surface area contributed by atoms with Gasteiger partial charge in [0.15, 0.2) is 0 Å². The highest BCUT2D eigenvalue weighted by atomic mass is 16.5. The smallest absolute Gasteiger partial charge is 0.274 e. The topological polar surface area (TPSA) is 98.5 Å². The van der Waals surface area contributed by atoms with Crippen molar-refractivity contribution < 1.29 is 19.4 Å². The predicted molar refractivity (Wildman–Crippen MR) is 125 cm³/mol. The van der Waals surface area contributed by atoms with Crippen molar-refractivity contribution in [2.45, 2.75) is 51.0 Å². The number of carbonyl (C=O) groups excluding carboxylic acids is 1. The number of hydrogen-bond donors (Lipinski definition) is 2. The van der Waals surface area contributed by atoms with Crippen LogP contribution in [0.2, 0.25) is 0 Å². The van der Waals surface area contributed by atoms with Gasteiger partial charge in [-0.15, -0.1) is 0 Å². The van der Waals surface area contributed by atoms with E-state index in [0.29, 0.717) is 48.2 Å². The molecule has 3 heterocycles. The zero-order chi connectivity index (χ0) is 22.6. The maximum absolute atomic E-state index is 12.9. The highest BCUT2D eigenvalue weighted by Crippen LogP contribution is 2.35. The summed E-state index contributed by atoms with van der Waals surface area (Å²) in [5.41, 5.74) is 1.76. The molecule has 1 aliphatic heterocycles. The Morgan fingerprint density at radius 3 is 2.70 bits per heavy atom. The molecule has 174 valence electrons. The lowest BCUT2D eigenvalue weighted by Crippen LogP contribution is -2.20. The number of aliphatic hydroxyl groups is 1. The van der Waals surface area contributed by atoms with Gasteiger partial charge in [0.05, 0.1) is 30.5 Å². The molecule has 0 atom stereocenters. The Balaban J connectivity index is 1.44. The SMILES string of the molecule is O=C1Nc2cc3cn([C@H]4CC[C@H](CO)CC4)nc3cc2OCCCCCOc2cccc1n2. The molecule has 3 aromatic rings. The fraction of sp³-hybridized carbons (Fsp3) is 0.480. The normalized spacial score (nSPS) is 21.9. The van der Waals surface area contributed by atoms with Crippen LogP contribution in [0.1, 0.15) is 61.5 Å². The molecule has 2 aromatic heterocycles. The van der Waals surface area contributed by atoms with Crippen LogP contribution in [-0.2, 0) is 0 Å². The fourth-order valence-electron chi connectivity index (χ4n) is 4.62.